The van der Waals surface area contributed by atoms with E-state index in [1.54, 1.807) is 7.11 Å². The minimum atomic E-state index is 0.303. The average Bonchev–Trinajstić information content (AvgIpc) is 2.71. The van der Waals surface area contributed by atoms with Gasteiger partial charge in [0.05, 0.1) is 12.7 Å². The molecule has 1 aromatic heterocycles. The fraction of sp³-hybridized carbons (Fsp3) is 0.429. The number of aryl methyl sites for hydroxylation is 1. The van der Waals surface area contributed by atoms with Crippen molar-refractivity contribution in [1.82, 2.24) is 14.8 Å². The van der Waals surface area contributed by atoms with Crippen molar-refractivity contribution in [2.75, 3.05) is 34.3 Å². The maximum Gasteiger partial charge on any atom is 0.230 e. The van der Waals surface area contributed by atoms with Crippen molar-refractivity contribution >= 4 is 5.84 Å². The molecule has 1 N–H and O–H groups in total. The van der Waals surface area contributed by atoms with Crippen LogP contribution in [0.1, 0.15) is 24.1 Å². The highest BCUT2D eigenvalue weighted by molar-refractivity contribution is 6.00. The molecule has 7 heteroatoms. The maximum atomic E-state index is 9.80. The summed E-state index contributed by atoms with van der Waals surface area (Å²) in [5.74, 6) is 2.27. The summed E-state index contributed by atoms with van der Waals surface area (Å²) < 4.78 is 11.2. The van der Waals surface area contributed by atoms with Crippen LogP contribution in [0.25, 0.3) is 0 Å². The van der Waals surface area contributed by atoms with E-state index in [9.17, 15) is 5.21 Å². The maximum absolute atomic E-state index is 9.80. The lowest BCUT2D eigenvalue weighted by Gasteiger charge is -2.36. The number of rotatable bonds is 5. The first kappa shape index (κ1) is 19.9. The van der Waals surface area contributed by atoms with Gasteiger partial charge in [-0.3, -0.25) is 0 Å². The molecule has 0 bridgehead atoms. The fourth-order valence-electron chi connectivity index (χ4n) is 3.41. The number of ether oxygens (including phenoxy) is 2. The molecule has 0 spiro atoms. The highest BCUT2D eigenvalue weighted by atomic mass is 16.5. The van der Waals surface area contributed by atoms with E-state index in [0.717, 1.165) is 37.4 Å². The lowest BCUT2D eigenvalue weighted by atomic mass is 10.0. The molecule has 0 saturated carbocycles. The van der Waals surface area contributed by atoms with Gasteiger partial charge in [-0.05, 0) is 76.3 Å². The van der Waals surface area contributed by atoms with Crippen LogP contribution in [0.4, 0.5) is 0 Å². The van der Waals surface area contributed by atoms with Crippen molar-refractivity contribution in [2.45, 2.75) is 25.8 Å². The van der Waals surface area contributed by atoms with Gasteiger partial charge in [0.15, 0.2) is 5.84 Å². The number of aromatic nitrogens is 1. The zero-order chi connectivity index (χ0) is 20.1. The summed E-state index contributed by atoms with van der Waals surface area (Å²) >= 11 is 0. The van der Waals surface area contributed by atoms with Crippen LogP contribution in [-0.4, -0.2) is 66.2 Å². The third kappa shape index (κ3) is 4.54. The lowest BCUT2D eigenvalue weighted by Crippen LogP contribution is -2.44. The number of nitrogens with zero attached hydrogens (tertiary/aromatic N) is 4. The number of benzene rings is 1. The van der Waals surface area contributed by atoms with E-state index >= 15 is 0 Å². The van der Waals surface area contributed by atoms with Gasteiger partial charge in [-0.2, -0.15) is 0 Å². The van der Waals surface area contributed by atoms with Crippen molar-refractivity contribution in [1.29, 1.82) is 0 Å². The Balaban J connectivity index is 1.87. The zero-order valence-electron chi connectivity index (χ0n) is 16.9. The average molecular weight is 384 g/mol. The Bertz CT molecular complexity index is 815. The standard InChI is InChI=1S/C21H28N4O3/c1-15-5-10-19(20(23-26)25(3)16-11-13-24(2)14-12-16)21(22-15)28-18-8-6-17(27-4)7-9-18/h5-10,16,26H,11-14H2,1-4H3/b23-20-. The zero-order valence-corrected chi connectivity index (χ0v) is 16.9. The Morgan fingerprint density at radius 1 is 1.14 bits per heavy atom. The number of piperidine rings is 1. The first-order valence-electron chi connectivity index (χ1n) is 9.45. The molecule has 1 aromatic carbocycles. The summed E-state index contributed by atoms with van der Waals surface area (Å²) in [6.45, 7) is 3.95. The fourth-order valence-corrected chi connectivity index (χ4v) is 3.41. The van der Waals surface area contributed by atoms with Crippen molar-refractivity contribution < 1.29 is 14.7 Å². The molecule has 1 saturated heterocycles. The smallest absolute Gasteiger partial charge is 0.230 e. The Morgan fingerprint density at radius 3 is 2.39 bits per heavy atom. The molecular weight excluding hydrogens is 356 g/mol. The summed E-state index contributed by atoms with van der Waals surface area (Å²) in [5.41, 5.74) is 1.48. The van der Waals surface area contributed by atoms with Crippen LogP contribution in [-0.2, 0) is 0 Å². The number of oxime groups is 1. The molecule has 0 radical (unpaired) electrons. The Labute approximate surface area is 166 Å². The number of amidine groups is 1. The van der Waals surface area contributed by atoms with Gasteiger partial charge >= 0.3 is 0 Å². The molecule has 150 valence electrons. The molecule has 1 aliphatic heterocycles. The van der Waals surface area contributed by atoms with Crippen LogP contribution in [0.2, 0.25) is 0 Å². The summed E-state index contributed by atoms with van der Waals surface area (Å²) in [5, 5.41) is 13.4. The minimum absolute atomic E-state index is 0.303. The molecule has 28 heavy (non-hydrogen) atoms. The Hall–Kier alpha value is -2.80. The van der Waals surface area contributed by atoms with Gasteiger partial charge in [-0.25, -0.2) is 4.98 Å². The van der Waals surface area contributed by atoms with Crippen molar-refractivity contribution in [3.05, 3.63) is 47.7 Å². The van der Waals surface area contributed by atoms with E-state index < -0.39 is 0 Å². The number of likely N-dealkylation sites (tertiary alicyclic amines) is 1. The summed E-state index contributed by atoms with van der Waals surface area (Å²) in [7, 11) is 5.71. The monoisotopic (exact) mass is 384 g/mol. The molecule has 2 heterocycles. The van der Waals surface area contributed by atoms with Crippen LogP contribution in [0.15, 0.2) is 41.6 Å². The van der Waals surface area contributed by atoms with E-state index in [4.69, 9.17) is 9.47 Å². The number of hydrogen-bond donors (Lipinski definition) is 1. The van der Waals surface area contributed by atoms with E-state index in [1.165, 1.54) is 0 Å². The van der Waals surface area contributed by atoms with E-state index in [0.29, 0.717) is 29.1 Å². The van der Waals surface area contributed by atoms with Crippen LogP contribution in [0, 0.1) is 6.92 Å². The first-order chi connectivity index (χ1) is 13.5. The van der Waals surface area contributed by atoms with Crippen LogP contribution < -0.4 is 9.47 Å². The van der Waals surface area contributed by atoms with Crippen molar-refractivity contribution in [3.63, 3.8) is 0 Å². The molecule has 0 atom stereocenters. The van der Waals surface area contributed by atoms with E-state index in [-0.39, 0.29) is 0 Å². The number of methoxy groups -OCH3 is 1. The SMILES string of the molecule is COc1ccc(Oc2nc(C)ccc2/C(=N/O)N(C)C2CCN(C)CC2)cc1. The second-order valence-electron chi connectivity index (χ2n) is 7.15. The van der Waals surface area contributed by atoms with Gasteiger partial charge in [0.2, 0.25) is 5.88 Å². The topological polar surface area (TPSA) is 70.4 Å². The predicted molar refractivity (Wildman–Crippen MR) is 109 cm³/mol. The molecule has 7 nitrogen and oxygen atoms in total. The van der Waals surface area contributed by atoms with Crippen molar-refractivity contribution in [3.8, 4) is 17.4 Å². The molecular formula is C21H28N4O3. The molecule has 3 rings (SSSR count). The lowest BCUT2D eigenvalue weighted by molar-refractivity contribution is 0.187. The molecule has 0 aliphatic carbocycles. The summed E-state index contributed by atoms with van der Waals surface area (Å²) in [4.78, 5) is 8.88. The molecule has 2 aromatic rings. The van der Waals surface area contributed by atoms with Crippen LogP contribution in [0.3, 0.4) is 0 Å². The summed E-state index contributed by atoms with van der Waals surface area (Å²) in [6, 6.07) is 11.4. The Kier molecular flexibility index (Phi) is 6.36. The normalized spacial score (nSPS) is 16.1. The van der Waals surface area contributed by atoms with Crippen molar-refractivity contribution in [2.24, 2.45) is 5.16 Å². The molecule has 0 unspecified atom stereocenters. The minimum Gasteiger partial charge on any atom is -0.497 e. The third-order valence-electron chi connectivity index (χ3n) is 5.18. The van der Waals surface area contributed by atoms with E-state index in [1.807, 2.05) is 55.3 Å². The predicted octanol–water partition coefficient (Wildman–Crippen LogP) is 3.35. The quantitative estimate of drug-likeness (QED) is 0.369. The summed E-state index contributed by atoms with van der Waals surface area (Å²) in [6.07, 6.45) is 2.03. The van der Waals surface area contributed by atoms with Gasteiger partial charge in [-0.15, -0.1) is 0 Å². The van der Waals surface area contributed by atoms with Gasteiger partial charge in [0, 0.05) is 18.8 Å². The highest BCUT2D eigenvalue weighted by Gasteiger charge is 2.26. The Morgan fingerprint density at radius 2 is 1.79 bits per heavy atom. The molecule has 0 amide bonds. The number of hydrogen-bond acceptors (Lipinski definition) is 6. The largest absolute Gasteiger partial charge is 0.497 e. The second-order valence-corrected chi connectivity index (χ2v) is 7.15. The number of pyridine rings is 1. The van der Waals surface area contributed by atoms with E-state index in [2.05, 4.69) is 22.1 Å². The van der Waals surface area contributed by atoms with Crippen LogP contribution in [0.5, 0.6) is 17.4 Å². The van der Waals surface area contributed by atoms with Gasteiger partial charge in [-0.1, -0.05) is 5.16 Å². The first-order valence-corrected chi connectivity index (χ1v) is 9.45. The second kappa shape index (κ2) is 8.93. The van der Waals surface area contributed by atoms with Crippen LogP contribution >= 0.6 is 0 Å². The molecule has 1 aliphatic rings. The van der Waals surface area contributed by atoms with Gasteiger partial charge in [0.25, 0.3) is 0 Å². The molecule has 1 fully saturated rings. The highest BCUT2D eigenvalue weighted by Crippen LogP contribution is 2.28. The van der Waals surface area contributed by atoms with Gasteiger partial charge < -0.3 is 24.5 Å². The third-order valence-corrected chi connectivity index (χ3v) is 5.18. The van der Waals surface area contributed by atoms with Gasteiger partial charge in [0.1, 0.15) is 11.5 Å².